The second-order valence-corrected chi connectivity index (χ2v) is 5.86. The number of anilines is 1. The molecule has 0 radical (unpaired) electrons. The summed E-state index contributed by atoms with van der Waals surface area (Å²) in [5, 5.41) is 0. The lowest BCUT2D eigenvalue weighted by atomic mass is 9.96. The molecule has 1 aromatic rings. The Morgan fingerprint density at radius 2 is 2.11 bits per heavy atom. The average molecular weight is 262 g/mol. The minimum atomic E-state index is 0.00763. The Morgan fingerprint density at radius 3 is 2.63 bits per heavy atom. The Labute approximate surface area is 116 Å². The number of piperidine rings is 1. The molecule has 19 heavy (non-hydrogen) atoms. The quantitative estimate of drug-likeness (QED) is 0.900. The van der Waals surface area contributed by atoms with Crippen molar-refractivity contribution in [3.05, 3.63) is 24.0 Å². The molecule has 1 aliphatic rings. The highest BCUT2D eigenvalue weighted by Crippen LogP contribution is 2.20. The third kappa shape index (κ3) is 3.91. The molecule has 0 spiro atoms. The predicted octanol–water partition coefficient (Wildman–Crippen LogP) is 1.88. The van der Waals surface area contributed by atoms with Crippen molar-refractivity contribution < 1.29 is 0 Å². The Balaban J connectivity index is 1.90. The van der Waals surface area contributed by atoms with E-state index in [9.17, 15) is 0 Å². The van der Waals surface area contributed by atoms with E-state index in [0.717, 1.165) is 18.2 Å². The zero-order valence-electron chi connectivity index (χ0n) is 12.3. The van der Waals surface area contributed by atoms with Crippen molar-refractivity contribution in [2.45, 2.75) is 25.8 Å². The van der Waals surface area contributed by atoms with E-state index in [1.165, 1.54) is 31.6 Å². The van der Waals surface area contributed by atoms with Crippen LogP contribution in [0.5, 0.6) is 0 Å². The van der Waals surface area contributed by atoms with Gasteiger partial charge in [-0.15, -0.1) is 0 Å². The normalized spacial score (nSPS) is 19.4. The van der Waals surface area contributed by atoms with Crippen molar-refractivity contribution in [1.29, 1.82) is 0 Å². The van der Waals surface area contributed by atoms with Gasteiger partial charge in [-0.05, 0) is 58.0 Å². The number of hydrogen-bond donors (Lipinski definition) is 1. The maximum Gasteiger partial charge on any atom is 0.0569 e. The van der Waals surface area contributed by atoms with Crippen molar-refractivity contribution in [2.75, 3.05) is 38.6 Å². The lowest BCUT2D eigenvalue weighted by molar-refractivity contribution is 0.222. The van der Waals surface area contributed by atoms with Crippen LogP contribution in [0.15, 0.2) is 18.3 Å². The van der Waals surface area contributed by atoms with Crippen molar-refractivity contribution in [1.82, 2.24) is 9.88 Å². The molecule has 0 aromatic carbocycles. The molecule has 0 saturated carbocycles. The van der Waals surface area contributed by atoms with Gasteiger partial charge in [-0.25, -0.2) is 0 Å². The Hall–Kier alpha value is -1.13. The van der Waals surface area contributed by atoms with E-state index in [0.29, 0.717) is 0 Å². The van der Waals surface area contributed by atoms with Gasteiger partial charge in [0.25, 0.3) is 0 Å². The van der Waals surface area contributed by atoms with Crippen LogP contribution in [0.25, 0.3) is 0 Å². The second kappa shape index (κ2) is 6.35. The first-order valence-electron chi connectivity index (χ1n) is 7.17. The zero-order valence-corrected chi connectivity index (χ0v) is 12.3. The molecular weight excluding hydrogens is 236 g/mol. The fourth-order valence-corrected chi connectivity index (χ4v) is 2.63. The Bertz CT molecular complexity index is 380. The molecule has 4 nitrogen and oxygen atoms in total. The van der Waals surface area contributed by atoms with E-state index < -0.39 is 0 Å². The van der Waals surface area contributed by atoms with Gasteiger partial charge in [0.2, 0.25) is 0 Å². The largest absolute Gasteiger partial charge is 0.373 e. The van der Waals surface area contributed by atoms with Gasteiger partial charge >= 0.3 is 0 Å². The molecule has 2 N–H and O–H groups in total. The van der Waals surface area contributed by atoms with Crippen molar-refractivity contribution in [2.24, 2.45) is 11.7 Å². The highest BCUT2D eigenvalue weighted by Gasteiger charge is 2.18. The van der Waals surface area contributed by atoms with Crippen molar-refractivity contribution in [3.63, 3.8) is 0 Å². The number of nitrogens with zero attached hydrogens (tertiary/aromatic N) is 3. The van der Waals surface area contributed by atoms with Crippen LogP contribution in [-0.2, 0) is 0 Å². The van der Waals surface area contributed by atoms with Gasteiger partial charge in [0.1, 0.15) is 0 Å². The molecule has 2 heterocycles. The molecule has 0 bridgehead atoms. The van der Waals surface area contributed by atoms with Gasteiger partial charge in [0, 0.05) is 19.6 Å². The Kier molecular flexibility index (Phi) is 4.77. The summed E-state index contributed by atoms with van der Waals surface area (Å²) in [6.45, 7) is 5.53. The van der Waals surface area contributed by atoms with E-state index >= 15 is 0 Å². The van der Waals surface area contributed by atoms with Gasteiger partial charge in [0.05, 0.1) is 17.6 Å². The summed E-state index contributed by atoms with van der Waals surface area (Å²) in [4.78, 5) is 9.16. The summed E-state index contributed by atoms with van der Waals surface area (Å²) in [6.07, 6.45) is 4.53. The maximum atomic E-state index is 5.82. The van der Waals surface area contributed by atoms with E-state index in [-0.39, 0.29) is 6.04 Å². The lowest BCUT2D eigenvalue weighted by Crippen LogP contribution is -2.35. The maximum absolute atomic E-state index is 5.82. The molecule has 1 saturated heterocycles. The van der Waals surface area contributed by atoms with E-state index in [1.807, 2.05) is 19.2 Å². The summed E-state index contributed by atoms with van der Waals surface area (Å²) < 4.78 is 0. The summed E-state index contributed by atoms with van der Waals surface area (Å²) in [7, 11) is 4.36. The Morgan fingerprint density at radius 1 is 1.42 bits per heavy atom. The number of rotatable bonds is 4. The first-order valence-corrected chi connectivity index (χ1v) is 7.17. The van der Waals surface area contributed by atoms with E-state index in [4.69, 9.17) is 5.73 Å². The standard InChI is InChI=1S/C15H26N4/c1-12(16)15-5-4-14(10-17-15)19(3)11-13-6-8-18(2)9-7-13/h4-5,10,12-13H,6-9,11,16H2,1-3H3. The minimum absolute atomic E-state index is 0.00763. The predicted molar refractivity (Wildman–Crippen MR) is 80.3 cm³/mol. The molecule has 1 aromatic heterocycles. The van der Waals surface area contributed by atoms with Crippen molar-refractivity contribution in [3.8, 4) is 0 Å². The molecule has 1 fully saturated rings. The third-order valence-electron chi connectivity index (χ3n) is 4.05. The summed E-state index contributed by atoms with van der Waals surface area (Å²) in [5.41, 5.74) is 7.96. The van der Waals surface area contributed by atoms with Gasteiger partial charge in [0.15, 0.2) is 0 Å². The minimum Gasteiger partial charge on any atom is -0.373 e. The molecular formula is C15H26N4. The van der Waals surface area contributed by atoms with Crippen LogP contribution < -0.4 is 10.6 Å². The molecule has 0 amide bonds. The van der Waals surface area contributed by atoms with Gasteiger partial charge in [-0.2, -0.15) is 0 Å². The summed E-state index contributed by atoms with van der Waals surface area (Å²) >= 11 is 0. The molecule has 0 aliphatic carbocycles. The fourth-order valence-electron chi connectivity index (χ4n) is 2.63. The molecule has 4 heteroatoms. The summed E-state index contributed by atoms with van der Waals surface area (Å²) in [6, 6.07) is 4.17. The van der Waals surface area contributed by atoms with Crippen LogP contribution >= 0.6 is 0 Å². The number of hydrogen-bond acceptors (Lipinski definition) is 4. The van der Waals surface area contributed by atoms with Crippen LogP contribution in [-0.4, -0.2) is 43.6 Å². The molecule has 1 unspecified atom stereocenters. The van der Waals surface area contributed by atoms with Crippen LogP contribution in [0.4, 0.5) is 5.69 Å². The third-order valence-corrected chi connectivity index (χ3v) is 4.05. The number of nitrogens with two attached hydrogens (primary N) is 1. The van der Waals surface area contributed by atoms with Gasteiger partial charge in [-0.1, -0.05) is 0 Å². The lowest BCUT2D eigenvalue weighted by Gasteiger charge is -2.32. The average Bonchev–Trinajstić information content (AvgIpc) is 2.41. The summed E-state index contributed by atoms with van der Waals surface area (Å²) in [5.74, 6) is 0.800. The van der Waals surface area contributed by atoms with Gasteiger partial charge < -0.3 is 15.5 Å². The number of aromatic nitrogens is 1. The fraction of sp³-hybridized carbons (Fsp3) is 0.667. The number of pyridine rings is 1. The van der Waals surface area contributed by atoms with E-state index in [2.05, 4.69) is 34.9 Å². The molecule has 1 atom stereocenters. The number of likely N-dealkylation sites (tertiary alicyclic amines) is 1. The van der Waals surface area contributed by atoms with Crippen molar-refractivity contribution >= 4 is 5.69 Å². The topological polar surface area (TPSA) is 45.4 Å². The first kappa shape index (κ1) is 14.3. The van der Waals surface area contributed by atoms with Crippen LogP contribution in [0, 0.1) is 5.92 Å². The zero-order chi connectivity index (χ0) is 13.8. The van der Waals surface area contributed by atoms with Gasteiger partial charge in [-0.3, -0.25) is 4.98 Å². The van der Waals surface area contributed by atoms with Crippen LogP contribution in [0.3, 0.4) is 0 Å². The monoisotopic (exact) mass is 262 g/mol. The van der Waals surface area contributed by atoms with E-state index in [1.54, 1.807) is 0 Å². The molecule has 2 rings (SSSR count). The smallest absolute Gasteiger partial charge is 0.0569 e. The SMILES string of the molecule is CC(N)c1ccc(N(C)CC2CCN(C)CC2)cn1. The second-order valence-electron chi connectivity index (χ2n) is 5.86. The highest BCUT2D eigenvalue weighted by molar-refractivity contribution is 5.43. The van der Waals surface area contributed by atoms with Crippen LogP contribution in [0.1, 0.15) is 31.5 Å². The molecule has 106 valence electrons. The molecule has 1 aliphatic heterocycles. The first-order chi connectivity index (χ1) is 9.06. The highest BCUT2D eigenvalue weighted by atomic mass is 15.1. The van der Waals surface area contributed by atoms with Crippen LogP contribution in [0.2, 0.25) is 0 Å².